The SMILES string of the molecule is N[C@@]12CC[C@@](N)([C@@H]3C[C@@H]31)[C@H](C(=O)O)C2. The molecule has 4 nitrogen and oxygen atoms in total. The summed E-state index contributed by atoms with van der Waals surface area (Å²) in [5.74, 6) is -0.273. The highest BCUT2D eigenvalue weighted by Gasteiger charge is 2.70. The molecular weight excluding hydrogens is 180 g/mol. The zero-order valence-electron chi connectivity index (χ0n) is 8.07. The van der Waals surface area contributed by atoms with Gasteiger partial charge < -0.3 is 16.6 Å². The Kier molecular flexibility index (Phi) is 1.33. The summed E-state index contributed by atoms with van der Waals surface area (Å²) in [5, 5.41) is 9.14. The van der Waals surface area contributed by atoms with E-state index in [9.17, 15) is 4.79 Å². The first-order valence-corrected chi connectivity index (χ1v) is 5.28. The summed E-state index contributed by atoms with van der Waals surface area (Å²) in [5.41, 5.74) is 11.8. The summed E-state index contributed by atoms with van der Waals surface area (Å²) in [7, 11) is 0. The van der Waals surface area contributed by atoms with E-state index in [4.69, 9.17) is 16.6 Å². The molecular formula is C10H16N2O2. The van der Waals surface area contributed by atoms with Gasteiger partial charge in [-0.2, -0.15) is 0 Å². The average Bonchev–Trinajstić information content (AvgIpc) is 2.88. The maximum atomic E-state index is 11.1. The molecule has 0 aliphatic heterocycles. The van der Waals surface area contributed by atoms with Gasteiger partial charge in [0.05, 0.1) is 5.92 Å². The number of carboxylic acid groups (broad SMARTS) is 1. The third-order valence-corrected chi connectivity index (χ3v) is 4.77. The molecule has 0 heterocycles. The highest BCUT2D eigenvalue weighted by molar-refractivity contribution is 5.73. The number of rotatable bonds is 1. The number of fused-ring (bicyclic) bond motifs is 2. The molecule has 4 saturated carbocycles. The minimum atomic E-state index is -0.757. The molecule has 2 bridgehead atoms. The van der Waals surface area contributed by atoms with Crippen LogP contribution in [0.4, 0.5) is 0 Å². The van der Waals surface area contributed by atoms with Crippen LogP contribution in [0.15, 0.2) is 0 Å². The Labute approximate surface area is 82.6 Å². The predicted octanol–water partition coefficient (Wildman–Crippen LogP) is -0.0842. The van der Waals surface area contributed by atoms with E-state index < -0.39 is 17.4 Å². The summed E-state index contributed by atoms with van der Waals surface area (Å²) in [6.45, 7) is 0. The van der Waals surface area contributed by atoms with Crippen LogP contribution in [0.2, 0.25) is 0 Å². The van der Waals surface area contributed by atoms with Crippen molar-refractivity contribution in [2.75, 3.05) is 0 Å². The second kappa shape index (κ2) is 2.14. The van der Waals surface area contributed by atoms with E-state index in [1.807, 2.05) is 0 Å². The van der Waals surface area contributed by atoms with Crippen molar-refractivity contribution in [1.29, 1.82) is 0 Å². The number of aliphatic carboxylic acids is 1. The molecule has 4 aliphatic rings. The number of nitrogens with two attached hydrogens (primary N) is 2. The fourth-order valence-corrected chi connectivity index (χ4v) is 3.82. The Morgan fingerprint density at radius 1 is 1.29 bits per heavy atom. The van der Waals surface area contributed by atoms with Crippen molar-refractivity contribution in [3.05, 3.63) is 0 Å². The van der Waals surface area contributed by atoms with Gasteiger partial charge in [-0.3, -0.25) is 4.79 Å². The second-order valence-electron chi connectivity index (χ2n) is 5.39. The van der Waals surface area contributed by atoms with Crippen molar-refractivity contribution in [3.63, 3.8) is 0 Å². The molecule has 0 spiro atoms. The Morgan fingerprint density at radius 3 is 2.64 bits per heavy atom. The maximum Gasteiger partial charge on any atom is 0.308 e. The van der Waals surface area contributed by atoms with Crippen molar-refractivity contribution < 1.29 is 9.90 Å². The molecule has 0 saturated heterocycles. The van der Waals surface area contributed by atoms with E-state index in [2.05, 4.69) is 0 Å². The van der Waals surface area contributed by atoms with Gasteiger partial charge in [-0.25, -0.2) is 0 Å². The largest absolute Gasteiger partial charge is 0.481 e. The summed E-state index contributed by atoms with van der Waals surface area (Å²) >= 11 is 0. The van der Waals surface area contributed by atoms with Crippen LogP contribution in [0.25, 0.3) is 0 Å². The quantitative estimate of drug-likeness (QED) is 0.547. The maximum absolute atomic E-state index is 11.1. The fourth-order valence-electron chi connectivity index (χ4n) is 3.82. The summed E-state index contributed by atoms with van der Waals surface area (Å²) in [6, 6.07) is 0. The van der Waals surface area contributed by atoms with E-state index in [1.165, 1.54) is 0 Å². The summed E-state index contributed by atoms with van der Waals surface area (Å²) < 4.78 is 0. The monoisotopic (exact) mass is 196 g/mol. The van der Waals surface area contributed by atoms with Gasteiger partial charge in [0.2, 0.25) is 0 Å². The Balaban J connectivity index is 2.01. The Hall–Kier alpha value is -0.610. The lowest BCUT2D eigenvalue weighted by Gasteiger charge is -2.52. The number of carboxylic acids is 1. The first kappa shape index (κ1) is 8.68. The number of hydrogen-bond donors (Lipinski definition) is 3. The van der Waals surface area contributed by atoms with Gasteiger partial charge in [0.1, 0.15) is 0 Å². The van der Waals surface area contributed by atoms with Crippen LogP contribution in [0.1, 0.15) is 25.7 Å². The highest BCUT2D eigenvalue weighted by Crippen LogP contribution is 2.65. The molecule has 4 aliphatic carbocycles. The molecule has 0 amide bonds. The molecule has 0 aromatic rings. The second-order valence-corrected chi connectivity index (χ2v) is 5.39. The molecule has 0 radical (unpaired) electrons. The average molecular weight is 196 g/mol. The van der Waals surface area contributed by atoms with Crippen LogP contribution < -0.4 is 11.5 Å². The topological polar surface area (TPSA) is 89.3 Å². The lowest BCUT2D eigenvalue weighted by atomic mass is 9.57. The smallest absolute Gasteiger partial charge is 0.308 e. The standard InChI is InChI=1S/C10H16N2O2/c11-9-1-2-10(12,6-3-5(6)9)7(4-9)8(13)14/h5-7H,1-4,11-12H2,(H,13,14)/t5-,6+,7-,9+,10+/m0/s1. The third kappa shape index (κ3) is 0.792. The van der Waals surface area contributed by atoms with E-state index in [0.717, 1.165) is 19.3 Å². The van der Waals surface area contributed by atoms with E-state index in [1.54, 1.807) is 0 Å². The minimum Gasteiger partial charge on any atom is -0.481 e. The van der Waals surface area contributed by atoms with Gasteiger partial charge in [0.15, 0.2) is 0 Å². The summed E-state index contributed by atoms with van der Waals surface area (Å²) in [4.78, 5) is 11.1. The molecule has 0 unspecified atom stereocenters. The lowest BCUT2D eigenvalue weighted by molar-refractivity contribution is -0.149. The third-order valence-electron chi connectivity index (χ3n) is 4.77. The molecule has 0 aromatic heterocycles. The van der Waals surface area contributed by atoms with Gasteiger partial charge in [0.25, 0.3) is 0 Å². The van der Waals surface area contributed by atoms with Crippen LogP contribution in [-0.2, 0) is 4.79 Å². The Bertz CT molecular complexity index is 319. The van der Waals surface area contributed by atoms with Crippen molar-refractivity contribution in [3.8, 4) is 0 Å². The number of carbonyl (C=O) groups is 1. The van der Waals surface area contributed by atoms with Gasteiger partial charge >= 0.3 is 5.97 Å². The van der Waals surface area contributed by atoms with Crippen LogP contribution in [-0.4, -0.2) is 22.2 Å². The van der Waals surface area contributed by atoms with Crippen molar-refractivity contribution in [2.24, 2.45) is 29.2 Å². The predicted molar refractivity (Wildman–Crippen MR) is 50.4 cm³/mol. The van der Waals surface area contributed by atoms with Crippen LogP contribution in [0.3, 0.4) is 0 Å². The fraction of sp³-hybridized carbons (Fsp3) is 0.900. The molecule has 14 heavy (non-hydrogen) atoms. The van der Waals surface area contributed by atoms with Gasteiger partial charge in [-0.05, 0) is 37.5 Å². The van der Waals surface area contributed by atoms with Crippen LogP contribution in [0.5, 0.6) is 0 Å². The highest BCUT2D eigenvalue weighted by atomic mass is 16.4. The van der Waals surface area contributed by atoms with Crippen molar-refractivity contribution in [2.45, 2.75) is 36.8 Å². The zero-order valence-corrected chi connectivity index (χ0v) is 8.07. The molecule has 78 valence electrons. The minimum absolute atomic E-state index is 0.213. The van der Waals surface area contributed by atoms with Crippen LogP contribution in [0, 0.1) is 17.8 Å². The first-order valence-electron chi connectivity index (χ1n) is 5.28. The lowest BCUT2D eigenvalue weighted by Crippen LogP contribution is -2.67. The number of hydrogen-bond acceptors (Lipinski definition) is 3. The molecule has 4 fully saturated rings. The van der Waals surface area contributed by atoms with Gasteiger partial charge in [-0.1, -0.05) is 0 Å². The zero-order chi connectivity index (χ0) is 10.1. The first-order chi connectivity index (χ1) is 6.47. The molecule has 0 aromatic carbocycles. The molecule has 5 N–H and O–H groups in total. The van der Waals surface area contributed by atoms with Gasteiger partial charge in [0, 0.05) is 11.1 Å². The van der Waals surface area contributed by atoms with E-state index in [-0.39, 0.29) is 5.54 Å². The van der Waals surface area contributed by atoms with E-state index >= 15 is 0 Å². The van der Waals surface area contributed by atoms with Crippen LogP contribution >= 0.6 is 0 Å². The molecule has 4 heteroatoms. The summed E-state index contributed by atoms with van der Waals surface area (Å²) in [6.07, 6.45) is 3.34. The molecule has 4 rings (SSSR count). The van der Waals surface area contributed by atoms with Crippen molar-refractivity contribution in [1.82, 2.24) is 0 Å². The van der Waals surface area contributed by atoms with E-state index in [0.29, 0.717) is 18.3 Å². The van der Waals surface area contributed by atoms with Crippen molar-refractivity contribution >= 4 is 5.97 Å². The normalized spacial score (nSPS) is 59.4. The van der Waals surface area contributed by atoms with Gasteiger partial charge in [-0.15, -0.1) is 0 Å². The Morgan fingerprint density at radius 2 is 2.00 bits per heavy atom. The molecule has 5 atom stereocenters.